The third-order valence-electron chi connectivity index (χ3n) is 3.70. The molecule has 18 heavy (non-hydrogen) atoms. The Morgan fingerprint density at radius 1 is 1.44 bits per heavy atom. The van der Waals surface area contributed by atoms with Gasteiger partial charge in [-0.15, -0.1) is 0 Å². The first-order chi connectivity index (χ1) is 8.63. The molecule has 2 fully saturated rings. The minimum atomic E-state index is -1.12. The maximum atomic E-state index is 11.3. The summed E-state index contributed by atoms with van der Waals surface area (Å²) in [6.07, 6.45) is 4.26. The van der Waals surface area contributed by atoms with Gasteiger partial charge in [0.1, 0.15) is 12.2 Å². The number of methoxy groups -OCH3 is 1. The smallest absolute Gasteiger partial charge is 0.338 e. The molecule has 1 saturated heterocycles. The molecule has 5 heteroatoms. The molecule has 2 rings (SSSR count). The first kappa shape index (κ1) is 13.5. The van der Waals surface area contributed by atoms with Crippen LogP contribution >= 0.6 is 0 Å². The number of cyclic esters (lactones) is 1. The molecule has 102 valence electrons. The normalized spacial score (nSPS) is 35.3. The van der Waals surface area contributed by atoms with Gasteiger partial charge in [-0.1, -0.05) is 25.0 Å². The highest BCUT2D eigenvalue weighted by atomic mass is 16.6. The van der Waals surface area contributed by atoms with Gasteiger partial charge in [-0.3, -0.25) is 0 Å². The molecule has 1 heterocycles. The van der Waals surface area contributed by atoms with Crippen LogP contribution in [-0.2, 0) is 14.3 Å². The molecule has 1 aliphatic carbocycles. The van der Waals surface area contributed by atoms with Crippen molar-refractivity contribution >= 4 is 5.97 Å². The summed E-state index contributed by atoms with van der Waals surface area (Å²) in [4.78, 5) is 11.3. The van der Waals surface area contributed by atoms with E-state index in [1.165, 1.54) is 20.0 Å². The lowest BCUT2D eigenvalue weighted by atomic mass is 10.0. The molecular weight excluding hydrogens is 236 g/mol. The predicted octanol–water partition coefficient (Wildman–Crippen LogP) is 0.395. The largest absolute Gasteiger partial charge is 0.454 e. The minimum Gasteiger partial charge on any atom is -0.454 e. The Kier molecular flexibility index (Phi) is 4.37. The number of carbonyl (C=O) groups is 1. The molecule has 5 nitrogen and oxygen atoms in total. The molecule has 0 amide bonds. The number of ether oxygens (including phenoxy) is 2. The minimum absolute atomic E-state index is 0.493. The van der Waals surface area contributed by atoms with Crippen LogP contribution in [0.4, 0.5) is 0 Å². The van der Waals surface area contributed by atoms with Crippen molar-refractivity contribution in [3.63, 3.8) is 0 Å². The Morgan fingerprint density at radius 3 is 2.67 bits per heavy atom. The van der Waals surface area contributed by atoms with Crippen LogP contribution in [0.3, 0.4) is 0 Å². The first-order valence-electron chi connectivity index (χ1n) is 6.41. The summed E-state index contributed by atoms with van der Waals surface area (Å²) < 4.78 is 9.77. The second-order valence-electron chi connectivity index (χ2n) is 4.97. The second kappa shape index (κ2) is 5.82. The van der Waals surface area contributed by atoms with E-state index < -0.39 is 30.4 Å². The number of carbonyl (C=O) groups excluding carboxylic acids is 1. The van der Waals surface area contributed by atoms with Gasteiger partial charge in [0.05, 0.1) is 0 Å². The Labute approximate surface area is 106 Å². The van der Waals surface area contributed by atoms with Crippen LogP contribution in [0.25, 0.3) is 0 Å². The fourth-order valence-corrected chi connectivity index (χ4v) is 2.62. The number of hydrogen-bond acceptors (Lipinski definition) is 5. The molecule has 0 aromatic carbocycles. The molecule has 2 aliphatic rings. The number of aliphatic hydroxyl groups is 2. The van der Waals surface area contributed by atoms with Crippen molar-refractivity contribution in [2.45, 2.75) is 50.1 Å². The summed E-state index contributed by atoms with van der Waals surface area (Å²) >= 11 is 0. The number of aliphatic hydroxyl groups excluding tert-OH is 2. The van der Waals surface area contributed by atoms with E-state index in [-0.39, 0.29) is 0 Å². The van der Waals surface area contributed by atoms with Crippen LogP contribution in [0.15, 0.2) is 12.2 Å². The number of esters is 1. The van der Waals surface area contributed by atoms with E-state index in [4.69, 9.17) is 9.47 Å². The van der Waals surface area contributed by atoms with Gasteiger partial charge in [0.2, 0.25) is 0 Å². The van der Waals surface area contributed by atoms with Gasteiger partial charge in [0, 0.05) is 7.11 Å². The van der Waals surface area contributed by atoms with E-state index in [0.717, 1.165) is 12.8 Å². The molecule has 4 atom stereocenters. The zero-order valence-corrected chi connectivity index (χ0v) is 10.5. The molecule has 2 unspecified atom stereocenters. The van der Waals surface area contributed by atoms with Crippen molar-refractivity contribution in [3.8, 4) is 0 Å². The molecule has 1 aliphatic heterocycles. The van der Waals surface area contributed by atoms with Crippen molar-refractivity contribution in [3.05, 3.63) is 12.2 Å². The lowest BCUT2D eigenvalue weighted by molar-refractivity contribution is -0.150. The van der Waals surface area contributed by atoms with Gasteiger partial charge in [-0.2, -0.15) is 0 Å². The van der Waals surface area contributed by atoms with Gasteiger partial charge < -0.3 is 19.7 Å². The summed E-state index contributed by atoms with van der Waals surface area (Å²) in [6.45, 7) is 0. The van der Waals surface area contributed by atoms with Gasteiger partial charge in [0.25, 0.3) is 0 Å². The Balaban J connectivity index is 1.92. The van der Waals surface area contributed by atoms with Crippen LogP contribution in [0.5, 0.6) is 0 Å². The Hall–Kier alpha value is -0.910. The van der Waals surface area contributed by atoms with Crippen LogP contribution in [0.1, 0.15) is 25.7 Å². The highest BCUT2D eigenvalue weighted by Gasteiger charge is 2.46. The molecule has 0 radical (unpaired) electrons. The molecule has 0 aromatic rings. The molecular formula is C13H20O5. The standard InChI is InChI=1S/C13H20O5/c1-17-12-10(15)11(18-13(12)16)9(14)7-6-8-4-2-3-5-8/h6-12,14-15H,2-5H2,1H3/b7-6+/t9-,10?,11?,12-/m1/s1. The maximum Gasteiger partial charge on any atom is 0.338 e. The average Bonchev–Trinajstić information content (AvgIpc) is 2.95. The Bertz CT molecular complexity index is 321. The summed E-state index contributed by atoms with van der Waals surface area (Å²) in [6, 6.07) is 0. The van der Waals surface area contributed by atoms with Gasteiger partial charge >= 0.3 is 5.97 Å². The zero-order valence-electron chi connectivity index (χ0n) is 10.5. The molecule has 1 saturated carbocycles. The van der Waals surface area contributed by atoms with Crippen LogP contribution in [0.2, 0.25) is 0 Å². The Morgan fingerprint density at radius 2 is 2.11 bits per heavy atom. The fourth-order valence-electron chi connectivity index (χ4n) is 2.62. The highest BCUT2D eigenvalue weighted by Crippen LogP contribution is 2.27. The van der Waals surface area contributed by atoms with Crippen LogP contribution in [-0.4, -0.2) is 47.7 Å². The van der Waals surface area contributed by atoms with Gasteiger partial charge in [-0.25, -0.2) is 4.79 Å². The van der Waals surface area contributed by atoms with E-state index >= 15 is 0 Å². The van der Waals surface area contributed by atoms with E-state index in [2.05, 4.69) is 0 Å². The van der Waals surface area contributed by atoms with Crippen molar-refractivity contribution in [1.82, 2.24) is 0 Å². The molecule has 0 aromatic heterocycles. The number of rotatable bonds is 4. The van der Waals surface area contributed by atoms with Crippen molar-refractivity contribution in [2.75, 3.05) is 7.11 Å². The van der Waals surface area contributed by atoms with Crippen LogP contribution < -0.4 is 0 Å². The number of hydrogen-bond donors (Lipinski definition) is 2. The monoisotopic (exact) mass is 256 g/mol. The van der Waals surface area contributed by atoms with Crippen molar-refractivity contribution in [2.24, 2.45) is 5.92 Å². The third kappa shape index (κ3) is 2.74. The number of allylic oxidation sites excluding steroid dienone is 1. The van der Waals surface area contributed by atoms with E-state index in [1.807, 2.05) is 6.08 Å². The zero-order chi connectivity index (χ0) is 13.1. The topological polar surface area (TPSA) is 76.0 Å². The SMILES string of the molecule is CO[C@H]1C(=O)OC([C@H](O)/C=C/C2CCCC2)C1O. The highest BCUT2D eigenvalue weighted by molar-refractivity contribution is 5.78. The van der Waals surface area contributed by atoms with Crippen LogP contribution in [0, 0.1) is 5.92 Å². The summed E-state index contributed by atoms with van der Waals surface area (Å²) in [5.41, 5.74) is 0. The van der Waals surface area contributed by atoms with Crippen molar-refractivity contribution < 1.29 is 24.5 Å². The lowest BCUT2D eigenvalue weighted by Crippen LogP contribution is -2.38. The fraction of sp³-hybridized carbons (Fsp3) is 0.769. The van der Waals surface area contributed by atoms with Gasteiger partial charge in [0.15, 0.2) is 12.2 Å². The second-order valence-corrected chi connectivity index (χ2v) is 4.97. The quantitative estimate of drug-likeness (QED) is 0.562. The molecule has 2 N–H and O–H groups in total. The lowest BCUT2D eigenvalue weighted by Gasteiger charge is -2.18. The predicted molar refractivity (Wildman–Crippen MR) is 63.8 cm³/mol. The van der Waals surface area contributed by atoms with Gasteiger partial charge in [-0.05, 0) is 18.8 Å². The summed E-state index contributed by atoms with van der Waals surface area (Å²) in [5, 5.41) is 19.7. The maximum absolute atomic E-state index is 11.3. The average molecular weight is 256 g/mol. The third-order valence-corrected chi connectivity index (χ3v) is 3.70. The summed E-state index contributed by atoms with van der Waals surface area (Å²) in [5.74, 6) is -0.129. The molecule has 0 bridgehead atoms. The first-order valence-corrected chi connectivity index (χ1v) is 6.41. The van der Waals surface area contributed by atoms with E-state index in [1.54, 1.807) is 6.08 Å². The summed E-state index contributed by atoms with van der Waals surface area (Å²) in [7, 11) is 1.33. The van der Waals surface area contributed by atoms with E-state index in [0.29, 0.717) is 5.92 Å². The molecule has 0 spiro atoms. The van der Waals surface area contributed by atoms with E-state index in [9.17, 15) is 15.0 Å². The van der Waals surface area contributed by atoms with Crippen molar-refractivity contribution in [1.29, 1.82) is 0 Å².